The van der Waals surface area contributed by atoms with Crippen molar-refractivity contribution < 1.29 is 14.3 Å². The van der Waals surface area contributed by atoms with E-state index >= 15 is 0 Å². The third-order valence-electron chi connectivity index (χ3n) is 7.71. The standard InChI is InChI=1S/C35H49N7O3S.C2H6/c1-11-25(26-17-15-23(20-36-26)37-32(44)45-34(6,7)8)38-28-13-12-14-29(40-28)46-41-31(43)24-16-18-27(33(3,4)5)39-30(24)42-21-22(2)19-35(42,9)10;1-2/h12-18,20,22,25H,11,19,21H2,1-10H3,(H,37,44)(H,38,40)(H,41,43);1-2H3. The summed E-state index contributed by atoms with van der Waals surface area (Å²) in [7, 11) is 0. The molecule has 0 bridgehead atoms. The van der Waals surface area contributed by atoms with Gasteiger partial charge in [0, 0.05) is 35.1 Å². The first-order valence-electron chi connectivity index (χ1n) is 16.9. The third-order valence-corrected chi connectivity index (χ3v) is 8.43. The molecule has 2 amide bonds. The van der Waals surface area contributed by atoms with Gasteiger partial charge in [0.1, 0.15) is 22.3 Å². The maximum atomic E-state index is 13.6. The number of anilines is 3. The van der Waals surface area contributed by atoms with E-state index in [-0.39, 0.29) is 22.9 Å². The van der Waals surface area contributed by atoms with Crippen molar-refractivity contribution in [3.8, 4) is 0 Å². The molecule has 2 unspecified atom stereocenters. The fraction of sp³-hybridized carbons (Fsp3) is 0.541. The maximum Gasteiger partial charge on any atom is 0.412 e. The fourth-order valence-electron chi connectivity index (χ4n) is 5.58. The summed E-state index contributed by atoms with van der Waals surface area (Å²) >= 11 is 1.18. The highest BCUT2D eigenvalue weighted by molar-refractivity contribution is 7.97. The molecule has 4 rings (SSSR count). The van der Waals surface area contributed by atoms with E-state index in [1.165, 1.54) is 11.9 Å². The second-order valence-electron chi connectivity index (χ2n) is 14.6. The van der Waals surface area contributed by atoms with Gasteiger partial charge in [0.2, 0.25) is 0 Å². The average molecular weight is 678 g/mol. The second-order valence-corrected chi connectivity index (χ2v) is 15.5. The maximum absolute atomic E-state index is 13.6. The summed E-state index contributed by atoms with van der Waals surface area (Å²) in [5.74, 6) is 1.69. The van der Waals surface area contributed by atoms with Crippen molar-refractivity contribution in [1.82, 2.24) is 19.7 Å². The van der Waals surface area contributed by atoms with Crippen LogP contribution in [0.1, 0.15) is 124 Å². The van der Waals surface area contributed by atoms with E-state index < -0.39 is 11.7 Å². The molecule has 1 fully saturated rings. The number of hydrogen-bond donors (Lipinski definition) is 3. The molecule has 4 heterocycles. The third kappa shape index (κ3) is 10.6. The molecule has 0 aliphatic carbocycles. The van der Waals surface area contributed by atoms with Crippen molar-refractivity contribution in [1.29, 1.82) is 0 Å². The zero-order chi connectivity index (χ0) is 35.9. The van der Waals surface area contributed by atoms with Crippen LogP contribution in [0.25, 0.3) is 0 Å². The molecule has 1 aliphatic heterocycles. The van der Waals surface area contributed by atoms with Crippen LogP contribution in [-0.2, 0) is 10.2 Å². The highest BCUT2D eigenvalue weighted by Crippen LogP contribution is 2.38. The number of carbonyl (C=O) groups excluding carboxylic acids is 2. The molecule has 11 heteroatoms. The van der Waals surface area contributed by atoms with Crippen molar-refractivity contribution in [3.63, 3.8) is 0 Å². The number of nitrogens with one attached hydrogen (secondary N) is 3. The van der Waals surface area contributed by atoms with Crippen LogP contribution in [0.2, 0.25) is 0 Å². The molecule has 10 nitrogen and oxygen atoms in total. The molecule has 3 aromatic rings. The number of carbonyl (C=O) groups is 2. The molecule has 48 heavy (non-hydrogen) atoms. The number of aromatic nitrogens is 3. The van der Waals surface area contributed by atoms with Gasteiger partial charge >= 0.3 is 6.09 Å². The van der Waals surface area contributed by atoms with Crippen molar-refractivity contribution in [2.75, 3.05) is 22.1 Å². The van der Waals surface area contributed by atoms with Gasteiger partial charge in [-0.25, -0.2) is 14.8 Å². The van der Waals surface area contributed by atoms with E-state index in [0.29, 0.717) is 28.0 Å². The Morgan fingerprint density at radius 1 is 1.04 bits per heavy atom. The van der Waals surface area contributed by atoms with Crippen LogP contribution in [0.3, 0.4) is 0 Å². The number of pyridine rings is 3. The van der Waals surface area contributed by atoms with Gasteiger partial charge in [-0.2, -0.15) is 0 Å². The quantitative estimate of drug-likeness (QED) is 0.190. The summed E-state index contributed by atoms with van der Waals surface area (Å²) in [4.78, 5) is 42.3. The molecule has 1 aliphatic rings. The number of hydrogen-bond acceptors (Lipinski definition) is 9. The summed E-state index contributed by atoms with van der Waals surface area (Å²) in [6, 6.07) is 13.1. The van der Waals surface area contributed by atoms with Crippen molar-refractivity contribution in [2.45, 2.75) is 124 Å². The highest BCUT2D eigenvalue weighted by Gasteiger charge is 2.39. The first-order valence-corrected chi connectivity index (χ1v) is 17.7. The lowest BCUT2D eigenvalue weighted by atomic mass is 9.91. The molecular weight excluding hydrogens is 623 g/mol. The smallest absolute Gasteiger partial charge is 0.412 e. The Balaban J connectivity index is 0.00000307. The summed E-state index contributed by atoms with van der Waals surface area (Å²) in [6.07, 6.45) is 2.88. The van der Waals surface area contributed by atoms with E-state index in [4.69, 9.17) is 14.7 Å². The molecule has 0 saturated carbocycles. The van der Waals surface area contributed by atoms with Gasteiger partial charge in [-0.1, -0.05) is 54.5 Å². The van der Waals surface area contributed by atoms with Gasteiger partial charge in [0.25, 0.3) is 5.91 Å². The van der Waals surface area contributed by atoms with Gasteiger partial charge in [-0.3, -0.25) is 19.8 Å². The molecule has 2 atom stereocenters. The molecule has 3 aromatic heterocycles. The monoisotopic (exact) mass is 677 g/mol. The van der Waals surface area contributed by atoms with Crippen LogP contribution in [0.15, 0.2) is 53.7 Å². The second kappa shape index (κ2) is 16.0. The topological polar surface area (TPSA) is 121 Å². The lowest BCUT2D eigenvalue weighted by Crippen LogP contribution is -2.40. The predicted molar refractivity (Wildman–Crippen MR) is 198 cm³/mol. The molecular formula is C37H55N7O3S. The Kier molecular flexibility index (Phi) is 12.9. The van der Waals surface area contributed by atoms with E-state index in [1.807, 2.05) is 71.0 Å². The van der Waals surface area contributed by atoms with E-state index in [9.17, 15) is 9.59 Å². The molecule has 262 valence electrons. The lowest BCUT2D eigenvalue weighted by Gasteiger charge is -2.34. The Labute approximate surface area is 291 Å². The minimum Gasteiger partial charge on any atom is -0.444 e. The summed E-state index contributed by atoms with van der Waals surface area (Å²) < 4.78 is 8.32. The first-order chi connectivity index (χ1) is 22.4. The molecule has 0 radical (unpaired) electrons. The van der Waals surface area contributed by atoms with Crippen LogP contribution in [0, 0.1) is 5.92 Å². The number of rotatable bonds is 9. The predicted octanol–water partition coefficient (Wildman–Crippen LogP) is 9.17. The summed E-state index contributed by atoms with van der Waals surface area (Å²) in [5, 5.41) is 6.80. The minimum atomic E-state index is -0.585. The number of amides is 2. The molecule has 3 N–H and O–H groups in total. The average Bonchev–Trinajstić information content (AvgIpc) is 3.29. The summed E-state index contributed by atoms with van der Waals surface area (Å²) in [5.41, 5.74) is 2.04. The largest absolute Gasteiger partial charge is 0.444 e. The van der Waals surface area contributed by atoms with Gasteiger partial charge < -0.3 is 15.0 Å². The zero-order valence-electron chi connectivity index (χ0n) is 30.8. The van der Waals surface area contributed by atoms with Crippen LogP contribution in [0.5, 0.6) is 0 Å². The SMILES string of the molecule is CC.CCC(Nc1cccc(SNC(=O)c2ccc(C(C)(C)C)nc2N2CC(C)CC2(C)C)n1)c1ccc(NC(=O)OC(C)(C)C)cn1. The Morgan fingerprint density at radius 2 is 1.75 bits per heavy atom. The first kappa shape index (κ1) is 38.6. The van der Waals surface area contributed by atoms with Gasteiger partial charge in [-0.15, -0.1) is 0 Å². The Bertz CT molecular complexity index is 1530. The van der Waals surface area contributed by atoms with Crippen molar-refractivity contribution in [2.24, 2.45) is 5.92 Å². The van der Waals surface area contributed by atoms with E-state index in [0.717, 1.165) is 36.6 Å². The number of nitrogens with zero attached hydrogens (tertiary/aromatic N) is 4. The molecule has 0 spiro atoms. The highest BCUT2D eigenvalue weighted by atomic mass is 32.2. The van der Waals surface area contributed by atoms with E-state index in [1.54, 1.807) is 12.3 Å². The normalized spacial score (nSPS) is 16.3. The fourth-order valence-corrected chi connectivity index (χ4v) is 6.18. The number of ether oxygens (including phenoxy) is 1. The lowest BCUT2D eigenvalue weighted by molar-refractivity contribution is 0.0635. The van der Waals surface area contributed by atoms with Crippen LogP contribution >= 0.6 is 11.9 Å². The van der Waals surface area contributed by atoms with Gasteiger partial charge in [0.15, 0.2) is 0 Å². The Hall–Kier alpha value is -3.86. The molecule has 0 aromatic carbocycles. The minimum absolute atomic E-state index is 0.105. The Morgan fingerprint density at radius 3 is 2.31 bits per heavy atom. The summed E-state index contributed by atoms with van der Waals surface area (Å²) in [6.45, 7) is 25.4. The van der Waals surface area contributed by atoms with E-state index in [2.05, 4.69) is 73.7 Å². The van der Waals surface area contributed by atoms with Crippen LogP contribution < -0.4 is 20.3 Å². The molecule has 1 saturated heterocycles. The van der Waals surface area contributed by atoms with Crippen molar-refractivity contribution >= 4 is 41.3 Å². The van der Waals surface area contributed by atoms with Crippen LogP contribution in [0.4, 0.5) is 22.1 Å². The van der Waals surface area contributed by atoms with Gasteiger partial charge in [-0.05, 0) is 89.8 Å². The van der Waals surface area contributed by atoms with Crippen molar-refractivity contribution in [3.05, 3.63) is 65.6 Å². The zero-order valence-corrected chi connectivity index (χ0v) is 31.6. The van der Waals surface area contributed by atoms with Gasteiger partial charge in [0.05, 0.1) is 29.2 Å². The van der Waals surface area contributed by atoms with Crippen LogP contribution in [-0.4, -0.2) is 44.6 Å².